The Labute approximate surface area is 160 Å². The zero-order chi connectivity index (χ0) is 19.4. The second-order valence-electron chi connectivity index (χ2n) is 5.77. The zero-order valence-electron chi connectivity index (χ0n) is 14.8. The molecule has 0 aliphatic rings. The molecule has 0 aliphatic carbocycles. The molecular formula is C19H17ClN4O3. The summed E-state index contributed by atoms with van der Waals surface area (Å²) in [5.41, 5.74) is 1.82. The monoisotopic (exact) mass is 384 g/mol. The van der Waals surface area contributed by atoms with Gasteiger partial charge in [0.15, 0.2) is 0 Å². The largest absolute Gasteiger partial charge is 0.497 e. The number of nitrogens with one attached hydrogen (secondary N) is 1. The number of ether oxygens (including phenoxy) is 1. The first kappa shape index (κ1) is 18.6. The second-order valence-corrected chi connectivity index (χ2v) is 6.18. The molecule has 0 fully saturated rings. The van der Waals surface area contributed by atoms with Crippen LogP contribution >= 0.6 is 11.6 Å². The third-order valence-corrected chi connectivity index (χ3v) is 4.37. The first-order valence-corrected chi connectivity index (χ1v) is 8.49. The Morgan fingerprint density at radius 1 is 1.26 bits per heavy atom. The Kier molecular flexibility index (Phi) is 5.52. The normalized spacial score (nSPS) is 10.5. The Hall–Kier alpha value is -3.19. The lowest BCUT2D eigenvalue weighted by Gasteiger charge is -2.10. The minimum absolute atomic E-state index is 0.254. The van der Waals surface area contributed by atoms with Gasteiger partial charge in [0.2, 0.25) is 5.91 Å². The summed E-state index contributed by atoms with van der Waals surface area (Å²) < 4.78 is 6.16. The molecule has 0 unspecified atom stereocenters. The van der Waals surface area contributed by atoms with Gasteiger partial charge in [-0.15, -0.1) is 0 Å². The van der Waals surface area contributed by atoms with Crippen LogP contribution in [-0.4, -0.2) is 27.8 Å². The summed E-state index contributed by atoms with van der Waals surface area (Å²) in [5, 5.41) is 7.31. The van der Waals surface area contributed by atoms with Crippen LogP contribution in [0.3, 0.4) is 0 Å². The minimum Gasteiger partial charge on any atom is -0.497 e. The summed E-state index contributed by atoms with van der Waals surface area (Å²) >= 11 is 6.04. The molecule has 0 aliphatic heterocycles. The number of rotatable bonds is 5. The SMILES string of the molecule is COc1cccc(-c2cnn(CC(=O)Nc3cccc(Cl)c3C)c(=O)n2)c1. The van der Waals surface area contributed by atoms with Gasteiger partial charge in [-0.2, -0.15) is 10.1 Å². The lowest BCUT2D eigenvalue weighted by atomic mass is 10.1. The molecule has 0 saturated heterocycles. The van der Waals surface area contributed by atoms with Crippen LogP contribution in [0.4, 0.5) is 5.69 Å². The number of nitrogens with zero attached hydrogens (tertiary/aromatic N) is 3. The third kappa shape index (κ3) is 4.32. The fourth-order valence-electron chi connectivity index (χ4n) is 2.46. The first-order valence-electron chi connectivity index (χ1n) is 8.11. The van der Waals surface area contributed by atoms with Gasteiger partial charge in [-0.05, 0) is 36.8 Å². The van der Waals surface area contributed by atoms with E-state index in [1.165, 1.54) is 6.20 Å². The Morgan fingerprint density at radius 2 is 2.04 bits per heavy atom. The van der Waals surface area contributed by atoms with Crippen LogP contribution in [0.25, 0.3) is 11.3 Å². The molecule has 27 heavy (non-hydrogen) atoms. The number of hydrogen-bond donors (Lipinski definition) is 1. The van der Waals surface area contributed by atoms with E-state index in [1.54, 1.807) is 56.5 Å². The van der Waals surface area contributed by atoms with Crippen LogP contribution in [0.5, 0.6) is 5.75 Å². The number of carbonyl (C=O) groups excluding carboxylic acids is 1. The molecular weight excluding hydrogens is 368 g/mol. The highest BCUT2D eigenvalue weighted by Gasteiger charge is 2.11. The van der Waals surface area contributed by atoms with Gasteiger partial charge in [0.05, 0.1) is 19.0 Å². The molecule has 0 radical (unpaired) electrons. The molecule has 1 heterocycles. The van der Waals surface area contributed by atoms with E-state index in [9.17, 15) is 9.59 Å². The molecule has 0 spiro atoms. The average molecular weight is 385 g/mol. The summed E-state index contributed by atoms with van der Waals surface area (Å²) in [4.78, 5) is 28.5. The Morgan fingerprint density at radius 3 is 2.78 bits per heavy atom. The van der Waals surface area contributed by atoms with E-state index in [1.807, 2.05) is 0 Å². The van der Waals surface area contributed by atoms with Crippen LogP contribution < -0.4 is 15.7 Å². The van der Waals surface area contributed by atoms with Gasteiger partial charge in [0.25, 0.3) is 0 Å². The zero-order valence-corrected chi connectivity index (χ0v) is 15.5. The van der Waals surface area contributed by atoms with Crippen LogP contribution in [0, 0.1) is 6.92 Å². The van der Waals surface area contributed by atoms with Gasteiger partial charge in [0.1, 0.15) is 12.3 Å². The topological polar surface area (TPSA) is 86.1 Å². The standard InChI is InChI=1S/C19H17ClN4O3/c1-12-15(20)7-4-8-16(12)22-18(25)11-24-19(26)23-17(10-21-24)13-5-3-6-14(9-13)27-2/h3-10H,11H2,1-2H3,(H,22,25). The van der Waals surface area contributed by atoms with Crippen molar-refractivity contribution in [3.05, 3.63) is 69.7 Å². The molecule has 0 saturated carbocycles. The van der Waals surface area contributed by atoms with E-state index in [0.717, 1.165) is 10.2 Å². The number of benzene rings is 2. The van der Waals surface area contributed by atoms with E-state index in [2.05, 4.69) is 15.4 Å². The predicted molar refractivity (Wildman–Crippen MR) is 103 cm³/mol. The van der Waals surface area contributed by atoms with Gasteiger partial charge in [-0.3, -0.25) is 4.79 Å². The maximum absolute atomic E-state index is 12.2. The fraction of sp³-hybridized carbons (Fsp3) is 0.158. The molecule has 138 valence electrons. The van der Waals surface area contributed by atoms with Crippen molar-refractivity contribution in [1.82, 2.24) is 14.8 Å². The van der Waals surface area contributed by atoms with Crippen molar-refractivity contribution in [2.24, 2.45) is 0 Å². The summed E-state index contributed by atoms with van der Waals surface area (Å²) in [6.45, 7) is 1.54. The van der Waals surface area contributed by atoms with Crippen molar-refractivity contribution in [2.75, 3.05) is 12.4 Å². The lowest BCUT2D eigenvalue weighted by Crippen LogP contribution is -2.31. The molecule has 1 aromatic heterocycles. The van der Waals surface area contributed by atoms with E-state index < -0.39 is 11.6 Å². The average Bonchev–Trinajstić information content (AvgIpc) is 2.67. The second kappa shape index (κ2) is 8.01. The number of aromatic nitrogens is 3. The van der Waals surface area contributed by atoms with Crippen LogP contribution in [0.1, 0.15) is 5.56 Å². The van der Waals surface area contributed by atoms with Gasteiger partial charge in [-0.1, -0.05) is 29.8 Å². The van der Waals surface area contributed by atoms with Gasteiger partial charge in [-0.25, -0.2) is 9.48 Å². The quantitative estimate of drug-likeness (QED) is 0.731. The maximum atomic E-state index is 12.2. The van der Waals surface area contributed by atoms with Crippen molar-refractivity contribution in [3.8, 4) is 17.0 Å². The van der Waals surface area contributed by atoms with Crippen LogP contribution in [-0.2, 0) is 11.3 Å². The molecule has 2 aromatic carbocycles. The summed E-state index contributed by atoms with van der Waals surface area (Å²) in [6.07, 6.45) is 1.44. The van der Waals surface area contributed by atoms with Crippen LogP contribution in [0.15, 0.2) is 53.5 Å². The smallest absolute Gasteiger partial charge is 0.365 e. The van der Waals surface area contributed by atoms with E-state index in [0.29, 0.717) is 27.7 Å². The number of amides is 1. The van der Waals surface area contributed by atoms with E-state index in [-0.39, 0.29) is 6.54 Å². The van der Waals surface area contributed by atoms with Crippen LogP contribution in [0.2, 0.25) is 5.02 Å². The maximum Gasteiger partial charge on any atom is 0.365 e. The number of hydrogen-bond acceptors (Lipinski definition) is 5. The minimum atomic E-state index is -0.617. The van der Waals surface area contributed by atoms with Crippen molar-refractivity contribution >= 4 is 23.2 Å². The molecule has 0 bridgehead atoms. The fourth-order valence-corrected chi connectivity index (χ4v) is 2.64. The highest BCUT2D eigenvalue weighted by molar-refractivity contribution is 6.31. The van der Waals surface area contributed by atoms with E-state index >= 15 is 0 Å². The molecule has 3 rings (SSSR count). The molecule has 0 atom stereocenters. The Balaban J connectivity index is 1.77. The first-order chi connectivity index (χ1) is 13.0. The Bertz CT molecular complexity index is 1050. The molecule has 1 amide bonds. The predicted octanol–water partition coefficient (Wildman–Crippen LogP) is 2.91. The van der Waals surface area contributed by atoms with E-state index in [4.69, 9.17) is 16.3 Å². The summed E-state index contributed by atoms with van der Waals surface area (Å²) in [5.74, 6) is 0.251. The molecule has 1 N–H and O–H groups in total. The van der Waals surface area contributed by atoms with Crippen molar-refractivity contribution in [3.63, 3.8) is 0 Å². The molecule has 8 heteroatoms. The van der Waals surface area contributed by atoms with Crippen molar-refractivity contribution in [2.45, 2.75) is 13.5 Å². The number of halogens is 1. The highest BCUT2D eigenvalue weighted by atomic mass is 35.5. The molecule has 7 nitrogen and oxygen atoms in total. The molecule has 3 aromatic rings. The number of anilines is 1. The summed E-state index contributed by atoms with van der Waals surface area (Å²) in [6, 6.07) is 12.3. The van der Waals surface area contributed by atoms with Gasteiger partial charge < -0.3 is 10.1 Å². The number of methoxy groups -OCH3 is 1. The van der Waals surface area contributed by atoms with Gasteiger partial charge >= 0.3 is 5.69 Å². The third-order valence-electron chi connectivity index (χ3n) is 3.96. The van der Waals surface area contributed by atoms with Crippen molar-refractivity contribution < 1.29 is 9.53 Å². The summed E-state index contributed by atoms with van der Waals surface area (Å²) in [7, 11) is 1.56. The number of carbonyl (C=O) groups is 1. The van der Waals surface area contributed by atoms with Crippen molar-refractivity contribution in [1.29, 1.82) is 0 Å². The highest BCUT2D eigenvalue weighted by Crippen LogP contribution is 2.23. The lowest BCUT2D eigenvalue weighted by molar-refractivity contribution is -0.117. The van der Waals surface area contributed by atoms with Gasteiger partial charge in [0, 0.05) is 16.3 Å².